The molecule has 1 N–H and O–H groups in total. The van der Waals surface area contributed by atoms with Crippen molar-refractivity contribution in [1.82, 2.24) is 5.16 Å². The number of rotatable bonds is 5. The number of anilines is 1. The Kier molecular flexibility index (Phi) is 4.32. The summed E-state index contributed by atoms with van der Waals surface area (Å²) in [6.45, 7) is 1.67. The summed E-state index contributed by atoms with van der Waals surface area (Å²) in [7, 11) is 1.69. The van der Waals surface area contributed by atoms with Crippen LogP contribution in [0.25, 0.3) is 11.3 Å². The summed E-state index contributed by atoms with van der Waals surface area (Å²) in [4.78, 5) is 1.03. The van der Waals surface area contributed by atoms with E-state index in [1.165, 1.54) is 47.0 Å². The molecule has 2 aromatic carbocycles. The predicted molar refractivity (Wildman–Crippen MR) is 117 cm³/mol. The number of methoxy groups -OCH3 is 1. The monoisotopic (exact) mass is 420 g/mol. The Bertz CT molecular complexity index is 1100. The number of hydrogen-bond donors (Lipinski definition) is 1. The van der Waals surface area contributed by atoms with Crippen molar-refractivity contribution < 1.29 is 14.0 Å². The van der Waals surface area contributed by atoms with Crippen LogP contribution in [0.3, 0.4) is 0 Å². The van der Waals surface area contributed by atoms with E-state index >= 15 is 0 Å². The third-order valence-corrected chi connectivity index (χ3v) is 7.60. The van der Waals surface area contributed by atoms with Gasteiger partial charge < -0.3 is 18.7 Å². The van der Waals surface area contributed by atoms with E-state index in [9.17, 15) is 0 Å². The maximum atomic E-state index is 5.91. The van der Waals surface area contributed by atoms with Gasteiger partial charge in [0.05, 0.1) is 18.6 Å². The molecule has 154 valence electrons. The van der Waals surface area contributed by atoms with Crippen molar-refractivity contribution in [1.29, 1.82) is 0 Å². The standard InChI is InChI=1S/C24H24N2O3S/c1-27-20-4-2-3-5-21(20)30-26-23-18-13-24(9-10-24)19-7-6-15(16-8-11-28-14-16)12-17(19)22(18)29-25-23/h2-7,12,16H,8-11,13-14H2,1H3,(H,25,26). The molecule has 1 aliphatic heterocycles. The fraction of sp³-hybridized carbons (Fsp3) is 0.375. The van der Waals surface area contributed by atoms with Gasteiger partial charge in [-0.1, -0.05) is 29.4 Å². The molecule has 0 amide bonds. The first kappa shape index (κ1) is 18.3. The van der Waals surface area contributed by atoms with Gasteiger partial charge in [0.25, 0.3) is 0 Å². The average Bonchev–Trinajstić information content (AvgIpc) is 3.17. The first-order valence-corrected chi connectivity index (χ1v) is 11.4. The van der Waals surface area contributed by atoms with E-state index in [1.807, 2.05) is 24.3 Å². The summed E-state index contributed by atoms with van der Waals surface area (Å²) in [5.41, 5.74) is 5.45. The van der Waals surface area contributed by atoms with Gasteiger partial charge >= 0.3 is 0 Å². The molecule has 1 unspecified atom stereocenters. The zero-order valence-corrected chi connectivity index (χ0v) is 17.8. The maximum Gasteiger partial charge on any atom is 0.183 e. The second-order valence-electron chi connectivity index (χ2n) is 8.52. The lowest BCUT2D eigenvalue weighted by Gasteiger charge is -2.25. The van der Waals surface area contributed by atoms with Crippen molar-refractivity contribution in [3.05, 3.63) is 59.2 Å². The largest absolute Gasteiger partial charge is 0.496 e. The van der Waals surface area contributed by atoms with E-state index in [2.05, 4.69) is 28.1 Å². The number of nitrogens with zero attached hydrogens (tertiary/aromatic N) is 1. The Balaban J connectivity index is 1.34. The van der Waals surface area contributed by atoms with Crippen LogP contribution in [0.1, 0.15) is 41.9 Å². The first-order valence-electron chi connectivity index (χ1n) is 10.5. The number of nitrogens with one attached hydrogen (secondary N) is 1. The summed E-state index contributed by atoms with van der Waals surface area (Å²) in [6, 6.07) is 14.9. The lowest BCUT2D eigenvalue weighted by atomic mass is 9.78. The topological polar surface area (TPSA) is 56.5 Å². The molecule has 0 bridgehead atoms. The van der Waals surface area contributed by atoms with Crippen molar-refractivity contribution in [2.45, 2.75) is 41.9 Å². The molecule has 1 aromatic heterocycles. The number of aromatic nitrogens is 1. The van der Waals surface area contributed by atoms with Crippen LogP contribution in [0, 0.1) is 0 Å². The highest BCUT2D eigenvalue weighted by Gasteiger charge is 2.50. The molecule has 6 rings (SSSR count). The summed E-state index contributed by atoms with van der Waals surface area (Å²) >= 11 is 1.51. The Morgan fingerprint density at radius 3 is 2.90 bits per heavy atom. The highest BCUT2D eigenvalue weighted by Crippen LogP contribution is 2.58. The molecule has 3 aromatic rings. The van der Waals surface area contributed by atoms with E-state index in [0.717, 1.165) is 48.3 Å². The van der Waals surface area contributed by atoms with Gasteiger partial charge in [0.2, 0.25) is 0 Å². The van der Waals surface area contributed by atoms with Gasteiger partial charge in [0.1, 0.15) is 5.75 Å². The third kappa shape index (κ3) is 2.93. The molecule has 2 heterocycles. The van der Waals surface area contributed by atoms with Crippen LogP contribution in [-0.2, 0) is 16.6 Å². The normalized spacial score (nSPS) is 20.6. The van der Waals surface area contributed by atoms with Crippen LogP contribution in [-0.4, -0.2) is 25.5 Å². The average molecular weight is 421 g/mol. The van der Waals surface area contributed by atoms with E-state index < -0.39 is 0 Å². The van der Waals surface area contributed by atoms with Gasteiger partial charge in [-0.25, -0.2) is 0 Å². The lowest BCUT2D eigenvalue weighted by Crippen LogP contribution is -2.18. The number of fused-ring (bicyclic) bond motifs is 4. The number of para-hydroxylation sites is 1. The zero-order valence-electron chi connectivity index (χ0n) is 16.9. The minimum atomic E-state index is 0.254. The van der Waals surface area contributed by atoms with E-state index in [4.69, 9.17) is 14.0 Å². The van der Waals surface area contributed by atoms with E-state index in [1.54, 1.807) is 7.11 Å². The summed E-state index contributed by atoms with van der Waals surface area (Å²) in [6.07, 6.45) is 4.54. The minimum absolute atomic E-state index is 0.254. The Labute approximate surface area is 180 Å². The van der Waals surface area contributed by atoms with Gasteiger partial charge in [-0.2, -0.15) is 0 Å². The molecule has 2 aliphatic carbocycles. The van der Waals surface area contributed by atoms with Gasteiger partial charge in [-0.3, -0.25) is 0 Å². The molecule has 6 heteroatoms. The molecule has 5 nitrogen and oxygen atoms in total. The summed E-state index contributed by atoms with van der Waals surface area (Å²) in [5, 5.41) is 4.42. The van der Waals surface area contributed by atoms with Crippen molar-refractivity contribution in [3.63, 3.8) is 0 Å². The van der Waals surface area contributed by atoms with E-state index in [0.29, 0.717) is 5.92 Å². The lowest BCUT2D eigenvalue weighted by molar-refractivity contribution is 0.194. The fourth-order valence-electron chi connectivity index (χ4n) is 4.87. The SMILES string of the molecule is COc1ccccc1SNc1noc2c1CC1(CC1)c1ccc(C3CCOC3)cc1-2. The molecular weight excluding hydrogens is 396 g/mol. The Morgan fingerprint density at radius 2 is 2.10 bits per heavy atom. The minimum Gasteiger partial charge on any atom is -0.496 e. The number of ether oxygens (including phenoxy) is 2. The van der Waals surface area contributed by atoms with Crippen LogP contribution in [0.15, 0.2) is 51.9 Å². The van der Waals surface area contributed by atoms with Gasteiger partial charge in [0.15, 0.2) is 11.6 Å². The van der Waals surface area contributed by atoms with Crippen molar-refractivity contribution in [2.24, 2.45) is 0 Å². The number of hydrogen-bond acceptors (Lipinski definition) is 6. The molecule has 1 spiro atoms. The molecular formula is C24H24N2O3S. The van der Waals surface area contributed by atoms with Crippen LogP contribution in [0.2, 0.25) is 0 Å². The fourth-order valence-corrected chi connectivity index (χ4v) is 5.63. The zero-order chi connectivity index (χ0) is 20.1. The molecule has 1 saturated carbocycles. The van der Waals surface area contributed by atoms with Crippen LogP contribution < -0.4 is 9.46 Å². The molecule has 0 radical (unpaired) electrons. The summed E-state index contributed by atoms with van der Waals surface area (Å²) in [5.74, 6) is 3.08. The maximum absolute atomic E-state index is 5.91. The second-order valence-corrected chi connectivity index (χ2v) is 9.36. The van der Waals surface area contributed by atoms with Crippen LogP contribution in [0.5, 0.6) is 5.75 Å². The summed E-state index contributed by atoms with van der Waals surface area (Å²) < 4.78 is 20.4. The quantitative estimate of drug-likeness (QED) is 0.545. The van der Waals surface area contributed by atoms with Crippen LogP contribution >= 0.6 is 11.9 Å². The first-order chi connectivity index (χ1) is 14.8. The predicted octanol–water partition coefficient (Wildman–Crippen LogP) is 5.56. The molecule has 3 aliphatic rings. The Hall–Kier alpha value is -2.44. The molecule has 30 heavy (non-hydrogen) atoms. The third-order valence-electron chi connectivity index (χ3n) is 6.74. The number of benzene rings is 2. The van der Waals surface area contributed by atoms with Crippen molar-refractivity contribution in [3.8, 4) is 17.1 Å². The van der Waals surface area contributed by atoms with Gasteiger partial charge in [-0.05, 0) is 67.0 Å². The highest BCUT2D eigenvalue weighted by atomic mass is 32.2. The van der Waals surface area contributed by atoms with Gasteiger partial charge in [-0.15, -0.1) is 0 Å². The van der Waals surface area contributed by atoms with Gasteiger partial charge in [0, 0.05) is 29.1 Å². The Morgan fingerprint density at radius 1 is 1.20 bits per heavy atom. The second kappa shape index (κ2) is 7.06. The molecule has 2 fully saturated rings. The molecule has 1 saturated heterocycles. The van der Waals surface area contributed by atoms with Crippen molar-refractivity contribution >= 4 is 17.8 Å². The highest BCUT2D eigenvalue weighted by molar-refractivity contribution is 8.00. The van der Waals surface area contributed by atoms with Crippen LogP contribution in [0.4, 0.5) is 5.82 Å². The smallest absolute Gasteiger partial charge is 0.183 e. The van der Waals surface area contributed by atoms with E-state index in [-0.39, 0.29) is 5.41 Å². The van der Waals surface area contributed by atoms with Crippen molar-refractivity contribution in [2.75, 3.05) is 25.0 Å². The molecule has 1 atom stereocenters.